The van der Waals surface area contributed by atoms with E-state index in [2.05, 4.69) is 15.2 Å². The topological polar surface area (TPSA) is 61.5 Å². The Morgan fingerprint density at radius 3 is 2.47 bits per heavy atom. The van der Waals surface area contributed by atoms with Crippen molar-refractivity contribution in [3.05, 3.63) is 64.7 Å². The molecular formula is C15H13N3O. The van der Waals surface area contributed by atoms with Crippen molar-refractivity contribution in [2.24, 2.45) is 0 Å². The zero-order valence-corrected chi connectivity index (χ0v) is 10.5. The molecule has 0 amide bonds. The molecule has 0 saturated heterocycles. The molecule has 0 spiro atoms. The number of nitrogens with one attached hydrogen (secondary N) is 2. The van der Waals surface area contributed by atoms with Crippen LogP contribution in [0.2, 0.25) is 0 Å². The van der Waals surface area contributed by atoms with Gasteiger partial charge in [0.2, 0.25) is 0 Å². The van der Waals surface area contributed by atoms with Crippen molar-refractivity contribution in [1.29, 1.82) is 0 Å². The quantitative estimate of drug-likeness (QED) is 0.735. The van der Waals surface area contributed by atoms with Crippen molar-refractivity contribution in [2.45, 2.75) is 6.92 Å². The van der Waals surface area contributed by atoms with Crippen LogP contribution < -0.4 is 5.56 Å². The fraction of sp³-hybridized carbons (Fsp3) is 0.0667. The van der Waals surface area contributed by atoms with Gasteiger partial charge in [0.25, 0.3) is 5.56 Å². The molecule has 3 aromatic rings. The van der Waals surface area contributed by atoms with Crippen molar-refractivity contribution < 1.29 is 0 Å². The number of aromatic nitrogens is 3. The van der Waals surface area contributed by atoms with E-state index in [1.807, 2.05) is 43.3 Å². The van der Waals surface area contributed by atoms with Gasteiger partial charge in [-0.25, -0.2) is 0 Å². The molecule has 0 aliphatic heterocycles. The minimum atomic E-state index is -0.121. The van der Waals surface area contributed by atoms with Gasteiger partial charge in [0.15, 0.2) is 0 Å². The fourth-order valence-electron chi connectivity index (χ4n) is 2.21. The van der Waals surface area contributed by atoms with Gasteiger partial charge in [0.1, 0.15) is 0 Å². The second kappa shape index (κ2) is 4.57. The predicted molar refractivity (Wildman–Crippen MR) is 74.8 cm³/mol. The molecule has 94 valence electrons. The standard InChI is InChI=1S/C15H13N3O/c1-10-4-2-3-5-12(10)14-13(15(19)18-17-14)11-6-8-16-9-7-11/h2-9H,1H3,(H2,17,18,19). The Bertz CT molecular complexity index is 756. The van der Waals surface area contributed by atoms with Crippen LogP contribution in [0.4, 0.5) is 0 Å². The van der Waals surface area contributed by atoms with Crippen LogP contribution in [0.5, 0.6) is 0 Å². The summed E-state index contributed by atoms with van der Waals surface area (Å²) >= 11 is 0. The summed E-state index contributed by atoms with van der Waals surface area (Å²) in [5, 5.41) is 5.63. The molecule has 2 N–H and O–H groups in total. The van der Waals surface area contributed by atoms with Crippen molar-refractivity contribution in [3.8, 4) is 22.4 Å². The predicted octanol–water partition coefficient (Wildman–Crippen LogP) is 2.74. The van der Waals surface area contributed by atoms with Crippen LogP contribution in [0.3, 0.4) is 0 Å². The van der Waals surface area contributed by atoms with E-state index < -0.39 is 0 Å². The Balaban J connectivity index is 2.26. The normalized spacial score (nSPS) is 10.6. The van der Waals surface area contributed by atoms with Gasteiger partial charge in [0, 0.05) is 18.0 Å². The maximum absolute atomic E-state index is 12.0. The highest BCUT2D eigenvalue weighted by molar-refractivity contribution is 5.81. The number of aromatic amines is 2. The lowest BCUT2D eigenvalue weighted by Gasteiger charge is -2.05. The smallest absolute Gasteiger partial charge is 0.272 e. The summed E-state index contributed by atoms with van der Waals surface area (Å²) in [6, 6.07) is 11.6. The van der Waals surface area contributed by atoms with E-state index in [1.165, 1.54) is 0 Å². The number of nitrogens with zero attached hydrogens (tertiary/aromatic N) is 1. The van der Waals surface area contributed by atoms with Gasteiger partial charge in [-0.3, -0.25) is 20.0 Å². The Kier molecular flexibility index (Phi) is 2.76. The summed E-state index contributed by atoms with van der Waals surface area (Å²) in [5.41, 5.74) is 4.34. The Labute approximate surface area is 110 Å². The van der Waals surface area contributed by atoms with Crippen LogP contribution in [-0.4, -0.2) is 15.2 Å². The highest BCUT2D eigenvalue weighted by Crippen LogP contribution is 2.28. The van der Waals surface area contributed by atoms with Crippen LogP contribution in [-0.2, 0) is 0 Å². The lowest BCUT2D eigenvalue weighted by atomic mass is 9.99. The largest absolute Gasteiger partial charge is 0.297 e. The molecule has 1 aromatic carbocycles. The Hall–Kier alpha value is -2.62. The number of rotatable bonds is 2. The summed E-state index contributed by atoms with van der Waals surface area (Å²) in [5.74, 6) is 0. The molecule has 0 radical (unpaired) electrons. The lowest BCUT2D eigenvalue weighted by Crippen LogP contribution is -2.01. The third-order valence-electron chi connectivity index (χ3n) is 3.16. The number of benzene rings is 1. The summed E-state index contributed by atoms with van der Waals surface area (Å²) in [4.78, 5) is 16.0. The fourth-order valence-corrected chi connectivity index (χ4v) is 2.21. The van der Waals surface area contributed by atoms with Gasteiger partial charge in [-0.05, 0) is 30.2 Å². The molecule has 4 nitrogen and oxygen atoms in total. The highest BCUT2D eigenvalue weighted by Gasteiger charge is 2.14. The van der Waals surface area contributed by atoms with E-state index >= 15 is 0 Å². The third-order valence-corrected chi connectivity index (χ3v) is 3.16. The number of pyridine rings is 1. The molecule has 0 fully saturated rings. The van der Waals surface area contributed by atoms with Gasteiger partial charge in [-0.15, -0.1) is 0 Å². The third kappa shape index (κ3) is 1.97. The molecule has 2 aromatic heterocycles. The zero-order chi connectivity index (χ0) is 13.2. The van der Waals surface area contributed by atoms with Crippen LogP contribution in [0, 0.1) is 6.92 Å². The van der Waals surface area contributed by atoms with E-state index in [1.54, 1.807) is 12.4 Å². The van der Waals surface area contributed by atoms with Crippen molar-refractivity contribution >= 4 is 0 Å². The molecule has 0 aliphatic rings. The molecule has 19 heavy (non-hydrogen) atoms. The minimum absolute atomic E-state index is 0.121. The number of hydrogen-bond donors (Lipinski definition) is 2. The van der Waals surface area contributed by atoms with Crippen molar-refractivity contribution in [1.82, 2.24) is 15.2 Å². The molecule has 4 heteroatoms. The monoisotopic (exact) mass is 251 g/mol. The van der Waals surface area contributed by atoms with Gasteiger partial charge in [0.05, 0.1) is 11.3 Å². The maximum Gasteiger partial charge on any atom is 0.272 e. The number of H-pyrrole nitrogens is 2. The summed E-state index contributed by atoms with van der Waals surface area (Å²) in [7, 11) is 0. The van der Waals surface area contributed by atoms with Gasteiger partial charge >= 0.3 is 0 Å². The molecular weight excluding hydrogens is 238 g/mol. The first-order valence-electron chi connectivity index (χ1n) is 6.04. The SMILES string of the molecule is Cc1ccccc1-c1[nH][nH]c(=O)c1-c1ccncc1. The molecule has 0 unspecified atom stereocenters. The second-order valence-corrected chi connectivity index (χ2v) is 4.38. The molecule has 0 atom stereocenters. The first-order valence-corrected chi connectivity index (χ1v) is 6.04. The van der Waals surface area contributed by atoms with Crippen molar-refractivity contribution in [3.63, 3.8) is 0 Å². The number of hydrogen-bond acceptors (Lipinski definition) is 2. The summed E-state index contributed by atoms with van der Waals surface area (Å²) in [6.07, 6.45) is 3.37. The first kappa shape index (κ1) is 11.5. The van der Waals surface area contributed by atoms with E-state index in [9.17, 15) is 4.79 Å². The average molecular weight is 251 g/mol. The van der Waals surface area contributed by atoms with Gasteiger partial charge < -0.3 is 0 Å². The van der Waals surface area contributed by atoms with E-state index in [4.69, 9.17) is 0 Å². The lowest BCUT2D eigenvalue weighted by molar-refractivity contribution is 1.06. The molecule has 2 heterocycles. The van der Waals surface area contributed by atoms with Gasteiger partial charge in [-0.2, -0.15) is 0 Å². The summed E-state index contributed by atoms with van der Waals surface area (Å²) in [6.45, 7) is 2.02. The van der Waals surface area contributed by atoms with Crippen molar-refractivity contribution in [2.75, 3.05) is 0 Å². The van der Waals surface area contributed by atoms with E-state index in [0.29, 0.717) is 5.56 Å². The van der Waals surface area contributed by atoms with E-state index in [-0.39, 0.29) is 5.56 Å². The molecule has 3 rings (SSSR count). The van der Waals surface area contributed by atoms with Crippen LogP contribution in [0.15, 0.2) is 53.6 Å². The molecule has 0 aliphatic carbocycles. The zero-order valence-electron chi connectivity index (χ0n) is 10.5. The van der Waals surface area contributed by atoms with Crippen LogP contribution in [0.1, 0.15) is 5.56 Å². The summed E-state index contributed by atoms with van der Waals surface area (Å²) < 4.78 is 0. The van der Waals surface area contributed by atoms with Gasteiger partial charge in [-0.1, -0.05) is 24.3 Å². The number of aryl methyl sites for hydroxylation is 1. The Morgan fingerprint density at radius 1 is 1.00 bits per heavy atom. The first-order chi connectivity index (χ1) is 9.27. The minimum Gasteiger partial charge on any atom is -0.297 e. The van der Waals surface area contributed by atoms with E-state index in [0.717, 1.165) is 22.4 Å². The second-order valence-electron chi connectivity index (χ2n) is 4.38. The molecule has 0 bridgehead atoms. The van der Waals surface area contributed by atoms with Crippen LogP contribution >= 0.6 is 0 Å². The van der Waals surface area contributed by atoms with Crippen LogP contribution in [0.25, 0.3) is 22.4 Å². The highest BCUT2D eigenvalue weighted by atomic mass is 16.1. The Morgan fingerprint density at radius 2 is 1.74 bits per heavy atom. The average Bonchev–Trinajstić information content (AvgIpc) is 2.82. The molecule has 0 saturated carbocycles. The maximum atomic E-state index is 12.0.